The van der Waals surface area contributed by atoms with Crippen LogP contribution in [0.2, 0.25) is 0 Å². The zero-order valence-corrected chi connectivity index (χ0v) is 12.5. The lowest BCUT2D eigenvalue weighted by Gasteiger charge is -2.26. The minimum atomic E-state index is -0.336. The van der Waals surface area contributed by atoms with E-state index in [0.29, 0.717) is 6.54 Å². The van der Waals surface area contributed by atoms with Gasteiger partial charge in [0.05, 0.1) is 6.10 Å². The molecule has 0 radical (unpaired) electrons. The summed E-state index contributed by atoms with van der Waals surface area (Å²) in [5, 5.41) is 12.7. The lowest BCUT2D eigenvalue weighted by molar-refractivity contribution is 0.201. The number of nitrogens with zero attached hydrogens (tertiary/aromatic N) is 1. The molecule has 4 heteroatoms. The van der Waals surface area contributed by atoms with Crippen LogP contribution in [-0.4, -0.2) is 31.9 Å². The van der Waals surface area contributed by atoms with E-state index < -0.39 is 0 Å². The van der Waals surface area contributed by atoms with Crippen molar-refractivity contribution in [1.82, 2.24) is 5.32 Å². The van der Waals surface area contributed by atoms with Gasteiger partial charge in [-0.05, 0) is 38.6 Å². The summed E-state index contributed by atoms with van der Waals surface area (Å²) in [7, 11) is 3.95. The van der Waals surface area contributed by atoms with E-state index in [0.717, 1.165) is 10.2 Å². The highest BCUT2D eigenvalue weighted by Crippen LogP contribution is 2.29. The minimum Gasteiger partial charge on any atom is -0.392 e. The summed E-state index contributed by atoms with van der Waals surface area (Å²) in [6.45, 7) is 4.55. The second-order valence-electron chi connectivity index (χ2n) is 4.44. The molecule has 0 aliphatic heterocycles. The van der Waals surface area contributed by atoms with Crippen LogP contribution in [0.15, 0.2) is 22.7 Å². The van der Waals surface area contributed by atoms with Crippen LogP contribution in [0.3, 0.4) is 0 Å². The molecule has 0 bridgehead atoms. The smallest absolute Gasteiger partial charge is 0.0686 e. The van der Waals surface area contributed by atoms with Gasteiger partial charge in [-0.1, -0.05) is 22.0 Å². The Kier molecular flexibility index (Phi) is 5.43. The van der Waals surface area contributed by atoms with E-state index in [1.54, 1.807) is 6.92 Å². The molecule has 17 heavy (non-hydrogen) atoms. The largest absolute Gasteiger partial charge is 0.392 e. The highest BCUT2D eigenvalue weighted by molar-refractivity contribution is 9.10. The number of likely N-dealkylation sites (N-methyl/N-ethyl adjacent to an activating group) is 1. The predicted molar refractivity (Wildman–Crippen MR) is 76.6 cm³/mol. The maximum absolute atomic E-state index is 9.47. The Labute approximate surface area is 112 Å². The molecule has 0 fully saturated rings. The van der Waals surface area contributed by atoms with E-state index in [4.69, 9.17) is 0 Å². The van der Waals surface area contributed by atoms with E-state index in [-0.39, 0.29) is 12.1 Å². The van der Waals surface area contributed by atoms with Gasteiger partial charge in [0.1, 0.15) is 0 Å². The molecule has 0 saturated heterocycles. The molecule has 96 valence electrons. The van der Waals surface area contributed by atoms with Crippen LogP contribution >= 0.6 is 15.9 Å². The van der Waals surface area contributed by atoms with Crippen LogP contribution in [-0.2, 0) is 0 Å². The Morgan fingerprint density at radius 3 is 2.59 bits per heavy atom. The first-order valence-corrected chi connectivity index (χ1v) is 6.61. The molecule has 1 rings (SSSR count). The first-order valence-electron chi connectivity index (χ1n) is 5.81. The maximum atomic E-state index is 9.47. The van der Waals surface area contributed by atoms with Crippen molar-refractivity contribution in [3.05, 3.63) is 28.2 Å². The second-order valence-corrected chi connectivity index (χ2v) is 5.36. The van der Waals surface area contributed by atoms with Crippen molar-refractivity contribution in [2.45, 2.75) is 26.0 Å². The summed E-state index contributed by atoms with van der Waals surface area (Å²) < 4.78 is 1.05. The summed E-state index contributed by atoms with van der Waals surface area (Å²) in [5.41, 5.74) is 2.38. The average molecular weight is 301 g/mol. The quantitative estimate of drug-likeness (QED) is 0.877. The van der Waals surface area contributed by atoms with Gasteiger partial charge in [-0.3, -0.25) is 0 Å². The molecule has 1 aromatic carbocycles. The van der Waals surface area contributed by atoms with E-state index in [2.05, 4.69) is 45.2 Å². The number of aliphatic hydroxyl groups is 1. The Bertz CT molecular complexity index is 368. The number of benzene rings is 1. The standard InChI is InChI=1S/C13H21BrN2O/c1-9(17)8-16(4)13-7-11(14)5-6-12(13)10(2)15-3/h5-7,9-10,15,17H,8H2,1-4H3. The molecule has 2 atom stereocenters. The fraction of sp³-hybridized carbons (Fsp3) is 0.538. The van der Waals surface area contributed by atoms with Gasteiger partial charge in [-0.15, -0.1) is 0 Å². The normalized spacial score (nSPS) is 14.5. The van der Waals surface area contributed by atoms with Gasteiger partial charge in [0.15, 0.2) is 0 Å². The van der Waals surface area contributed by atoms with Crippen molar-refractivity contribution in [2.75, 3.05) is 25.5 Å². The monoisotopic (exact) mass is 300 g/mol. The average Bonchev–Trinajstić information content (AvgIpc) is 2.27. The number of hydrogen-bond donors (Lipinski definition) is 2. The Morgan fingerprint density at radius 1 is 1.41 bits per heavy atom. The molecule has 3 nitrogen and oxygen atoms in total. The van der Waals surface area contributed by atoms with Crippen LogP contribution in [0.5, 0.6) is 0 Å². The van der Waals surface area contributed by atoms with Crippen LogP contribution in [0.25, 0.3) is 0 Å². The summed E-state index contributed by atoms with van der Waals surface area (Å²) in [6, 6.07) is 6.53. The number of hydrogen-bond acceptors (Lipinski definition) is 3. The number of rotatable bonds is 5. The highest BCUT2D eigenvalue weighted by atomic mass is 79.9. The van der Waals surface area contributed by atoms with Crippen LogP contribution in [0.1, 0.15) is 25.5 Å². The van der Waals surface area contributed by atoms with Gasteiger partial charge in [-0.2, -0.15) is 0 Å². The predicted octanol–water partition coefficient (Wildman–Crippen LogP) is 2.55. The van der Waals surface area contributed by atoms with Crippen LogP contribution < -0.4 is 10.2 Å². The lowest BCUT2D eigenvalue weighted by Crippen LogP contribution is -2.28. The van der Waals surface area contributed by atoms with Crippen molar-refractivity contribution in [1.29, 1.82) is 0 Å². The van der Waals surface area contributed by atoms with Gasteiger partial charge in [0.25, 0.3) is 0 Å². The third-order valence-corrected chi connectivity index (χ3v) is 3.33. The third-order valence-electron chi connectivity index (χ3n) is 2.84. The van der Waals surface area contributed by atoms with Gasteiger partial charge in [0, 0.05) is 29.8 Å². The summed E-state index contributed by atoms with van der Waals surface area (Å²) >= 11 is 3.49. The van der Waals surface area contributed by atoms with Gasteiger partial charge in [-0.25, -0.2) is 0 Å². The molecule has 0 spiro atoms. The van der Waals surface area contributed by atoms with Crippen LogP contribution in [0, 0.1) is 0 Å². The SMILES string of the molecule is CNC(C)c1ccc(Br)cc1N(C)CC(C)O. The lowest BCUT2D eigenvalue weighted by atomic mass is 10.1. The zero-order chi connectivity index (χ0) is 13.0. The van der Waals surface area contributed by atoms with Gasteiger partial charge in [0.2, 0.25) is 0 Å². The van der Waals surface area contributed by atoms with E-state index in [1.165, 1.54) is 5.56 Å². The second kappa shape index (κ2) is 6.38. The Morgan fingerprint density at radius 2 is 2.06 bits per heavy atom. The van der Waals surface area contributed by atoms with E-state index in [9.17, 15) is 5.11 Å². The molecule has 0 saturated carbocycles. The minimum absolute atomic E-state index is 0.287. The number of halogens is 1. The van der Waals surface area contributed by atoms with E-state index >= 15 is 0 Å². The molecule has 0 aliphatic rings. The van der Waals surface area contributed by atoms with Crippen molar-refractivity contribution in [3.63, 3.8) is 0 Å². The molecule has 0 heterocycles. The maximum Gasteiger partial charge on any atom is 0.0686 e. The topological polar surface area (TPSA) is 35.5 Å². The molecule has 2 N–H and O–H groups in total. The first-order chi connectivity index (χ1) is 7.95. The molecular formula is C13H21BrN2O. The fourth-order valence-electron chi connectivity index (χ4n) is 1.86. The van der Waals surface area contributed by atoms with Crippen molar-refractivity contribution < 1.29 is 5.11 Å². The summed E-state index contributed by atoms with van der Waals surface area (Å²) in [6.07, 6.45) is -0.336. The van der Waals surface area contributed by atoms with Crippen molar-refractivity contribution >= 4 is 21.6 Å². The number of nitrogens with one attached hydrogen (secondary N) is 1. The molecule has 2 unspecified atom stereocenters. The molecule has 1 aromatic rings. The Balaban J connectivity index is 3.06. The fourth-order valence-corrected chi connectivity index (χ4v) is 2.21. The third kappa shape index (κ3) is 3.98. The number of aliphatic hydroxyl groups excluding tert-OH is 1. The molecule has 0 aromatic heterocycles. The van der Waals surface area contributed by atoms with Gasteiger partial charge >= 0.3 is 0 Å². The van der Waals surface area contributed by atoms with E-state index in [1.807, 2.05) is 20.2 Å². The van der Waals surface area contributed by atoms with Crippen molar-refractivity contribution in [2.24, 2.45) is 0 Å². The molecular weight excluding hydrogens is 280 g/mol. The molecule has 0 amide bonds. The zero-order valence-electron chi connectivity index (χ0n) is 10.9. The number of anilines is 1. The summed E-state index contributed by atoms with van der Waals surface area (Å²) in [4.78, 5) is 2.08. The summed E-state index contributed by atoms with van der Waals surface area (Å²) in [5.74, 6) is 0. The molecule has 0 aliphatic carbocycles. The van der Waals surface area contributed by atoms with Gasteiger partial charge < -0.3 is 15.3 Å². The van der Waals surface area contributed by atoms with Crippen molar-refractivity contribution in [3.8, 4) is 0 Å². The van der Waals surface area contributed by atoms with Crippen LogP contribution in [0.4, 0.5) is 5.69 Å². The highest BCUT2D eigenvalue weighted by Gasteiger charge is 2.13. The first kappa shape index (κ1) is 14.5. The Hall–Kier alpha value is -0.580.